The Morgan fingerprint density at radius 1 is 1.25 bits per heavy atom. The first-order chi connectivity index (χ1) is 9.52. The molecule has 0 atom stereocenters. The zero-order valence-electron chi connectivity index (χ0n) is 11.7. The number of aryl methyl sites for hydroxylation is 3. The van der Waals surface area contributed by atoms with Gasteiger partial charge in [-0.1, -0.05) is 6.92 Å². The first-order valence-electron chi connectivity index (χ1n) is 6.60. The summed E-state index contributed by atoms with van der Waals surface area (Å²) in [6.45, 7) is 2.82. The SMILES string of the molecule is CCCn1cc(N)c(=O)n(CCc2cnn(C)c2)c1=O. The lowest BCUT2D eigenvalue weighted by molar-refractivity contribution is 0.548. The molecule has 2 heterocycles. The van der Waals surface area contributed by atoms with Crippen molar-refractivity contribution in [2.45, 2.75) is 32.9 Å². The lowest BCUT2D eigenvalue weighted by Gasteiger charge is -2.10. The summed E-state index contributed by atoms with van der Waals surface area (Å²) in [4.78, 5) is 24.2. The van der Waals surface area contributed by atoms with Crippen LogP contribution in [0.3, 0.4) is 0 Å². The van der Waals surface area contributed by atoms with Crippen molar-refractivity contribution >= 4 is 5.69 Å². The van der Waals surface area contributed by atoms with Gasteiger partial charge in [0.15, 0.2) is 0 Å². The van der Waals surface area contributed by atoms with Crippen molar-refractivity contribution < 1.29 is 0 Å². The lowest BCUT2D eigenvalue weighted by atomic mass is 10.2. The third-order valence-corrected chi connectivity index (χ3v) is 3.11. The predicted octanol–water partition coefficient (Wildman–Crippen LogP) is -0.0216. The van der Waals surface area contributed by atoms with Crippen molar-refractivity contribution in [3.8, 4) is 0 Å². The van der Waals surface area contributed by atoms with E-state index in [1.54, 1.807) is 10.9 Å². The molecule has 0 aliphatic carbocycles. The van der Waals surface area contributed by atoms with E-state index in [1.165, 1.54) is 15.3 Å². The van der Waals surface area contributed by atoms with E-state index in [9.17, 15) is 9.59 Å². The number of nitrogens with two attached hydrogens (primary N) is 1. The van der Waals surface area contributed by atoms with Gasteiger partial charge in [-0.15, -0.1) is 0 Å². The van der Waals surface area contributed by atoms with E-state index in [4.69, 9.17) is 5.73 Å². The van der Waals surface area contributed by atoms with Crippen LogP contribution < -0.4 is 17.0 Å². The smallest absolute Gasteiger partial charge is 0.331 e. The minimum Gasteiger partial charge on any atom is -0.393 e. The van der Waals surface area contributed by atoms with Crippen LogP contribution in [0.25, 0.3) is 0 Å². The van der Waals surface area contributed by atoms with Crippen LogP contribution in [0.2, 0.25) is 0 Å². The summed E-state index contributed by atoms with van der Waals surface area (Å²) < 4.78 is 4.37. The van der Waals surface area contributed by atoms with Crippen LogP contribution in [-0.2, 0) is 26.6 Å². The van der Waals surface area contributed by atoms with Gasteiger partial charge in [0.05, 0.1) is 6.20 Å². The van der Waals surface area contributed by atoms with E-state index < -0.39 is 5.56 Å². The van der Waals surface area contributed by atoms with Crippen molar-refractivity contribution in [3.63, 3.8) is 0 Å². The van der Waals surface area contributed by atoms with Crippen LogP contribution in [0, 0.1) is 0 Å². The molecule has 0 radical (unpaired) electrons. The van der Waals surface area contributed by atoms with Gasteiger partial charge < -0.3 is 5.73 Å². The van der Waals surface area contributed by atoms with Gasteiger partial charge in [-0.25, -0.2) is 4.79 Å². The van der Waals surface area contributed by atoms with Gasteiger partial charge in [0.2, 0.25) is 0 Å². The van der Waals surface area contributed by atoms with E-state index in [0.29, 0.717) is 19.5 Å². The van der Waals surface area contributed by atoms with Gasteiger partial charge in [0, 0.05) is 32.5 Å². The average Bonchev–Trinajstić information content (AvgIpc) is 2.82. The van der Waals surface area contributed by atoms with Gasteiger partial charge in [0.1, 0.15) is 5.69 Å². The van der Waals surface area contributed by atoms with E-state index >= 15 is 0 Å². The average molecular weight is 277 g/mol. The van der Waals surface area contributed by atoms with Crippen LogP contribution in [-0.4, -0.2) is 18.9 Å². The first kappa shape index (κ1) is 14.1. The Morgan fingerprint density at radius 3 is 2.60 bits per heavy atom. The quantitative estimate of drug-likeness (QED) is 0.832. The minimum absolute atomic E-state index is 0.101. The second kappa shape index (κ2) is 5.77. The second-order valence-corrected chi connectivity index (χ2v) is 4.79. The maximum atomic E-state index is 12.2. The van der Waals surface area contributed by atoms with Crippen LogP contribution >= 0.6 is 0 Å². The number of aromatic nitrogens is 4. The van der Waals surface area contributed by atoms with Crippen molar-refractivity contribution in [3.05, 3.63) is 45.0 Å². The standard InChI is InChI=1S/C13H19N5O2/c1-3-5-17-9-11(14)12(19)18(13(17)20)6-4-10-7-15-16(2)8-10/h7-9H,3-6,14H2,1-2H3. The molecule has 2 rings (SSSR count). The first-order valence-corrected chi connectivity index (χ1v) is 6.60. The van der Waals surface area contributed by atoms with Gasteiger partial charge in [-0.2, -0.15) is 5.10 Å². The molecule has 0 bridgehead atoms. The fraction of sp³-hybridized carbons (Fsp3) is 0.462. The molecule has 2 aromatic heterocycles. The number of anilines is 1. The molecular weight excluding hydrogens is 258 g/mol. The van der Waals surface area contributed by atoms with Crippen LogP contribution in [0.4, 0.5) is 5.69 Å². The van der Waals surface area contributed by atoms with Gasteiger partial charge in [-0.05, 0) is 18.4 Å². The van der Waals surface area contributed by atoms with Crippen LogP contribution in [0.15, 0.2) is 28.2 Å². The maximum absolute atomic E-state index is 12.2. The molecule has 2 N–H and O–H groups in total. The van der Waals surface area contributed by atoms with Crippen LogP contribution in [0.1, 0.15) is 18.9 Å². The Labute approximate surface area is 116 Å². The Morgan fingerprint density at radius 2 is 2.00 bits per heavy atom. The largest absolute Gasteiger partial charge is 0.393 e. The summed E-state index contributed by atoms with van der Waals surface area (Å²) in [5, 5.41) is 4.06. The number of nitrogens with zero attached hydrogens (tertiary/aromatic N) is 4. The normalized spacial score (nSPS) is 10.9. The molecule has 0 spiro atoms. The molecule has 2 aromatic rings. The predicted molar refractivity (Wildman–Crippen MR) is 76.6 cm³/mol. The second-order valence-electron chi connectivity index (χ2n) is 4.79. The fourth-order valence-electron chi connectivity index (χ4n) is 2.12. The molecule has 0 amide bonds. The number of hydrogen-bond acceptors (Lipinski definition) is 4. The summed E-state index contributed by atoms with van der Waals surface area (Å²) in [7, 11) is 1.82. The molecule has 7 nitrogen and oxygen atoms in total. The molecule has 0 saturated heterocycles. The Bertz CT molecular complexity index is 710. The highest BCUT2D eigenvalue weighted by atomic mass is 16.2. The molecule has 0 saturated carbocycles. The summed E-state index contributed by atoms with van der Waals surface area (Å²) >= 11 is 0. The molecule has 0 aliphatic rings. The number of rotatable bonds is 5. The highest BCUT2D eigenvalue weighted by Gasteiger charge is 2.09. The Balaban J connectivity index is 2.30. The molecule has 20 heavy (non-hydrogen) atoms. The monoisotopic (exact) mass is 277 g/mol. The van der Waals surface area contributed by atoms with Crippen molar-refractivity contribution in [2.24, 2.45) is 7.05 Å². The molecule has 0 aliphatic heterocycles. The molecule has 108 valence electrons. The van der Waals surface area contributed by atoms with E-state index in [0.717, 1.165) is 12.0 Å². The lowest BCUT2D eigenvalue weighted by Crippen LogP contribution is -2.41. The van der Waals surface area contributed by atoms with E-state index in [-0.39, 0.29) is 11.4 Å². The summed E-state index contributed by atoms with van der Waals surface area (Å²) in [6, 6.07) is 0. The fourth-order valence-corrected chi connectivity index (χ4v) is 2.12. The molecule has 0 fully saturated rings. The highest BCUT2D eigenvalue weighted by Crippen LogP contribution is 1.99. The Hall–Kier alpha value is -2.31. The Kier molecular flexibility index (Phi) is 4.07. The van der Waals surface area contributed by atoms with Crippen LogP contribution in [0.5, 0.6) is 0 Å². The maximum Gasteiger partial charge on any atom is 0.331 e. The van der Waals surface area contributed by atoms with E-state index in [2.05, 4.69) is 5.10 Å². The van der Waals surface area contributed by atoms with Gasteiger partial charge in [-0.3, -0.25) is 18.6 Å². The molecular formula is C13H19N5O2. The van der Waals surface area contributed by atoms with E-state index in [1.807, 2.05) is 20.2 Å². The minimum atomic E-state index is -0.425. The van der Waals surface area contributed by atoms with Crippen molar-refractivity contribution in [2.75, 3.05) is 5.73 Å². The topological polar surface area (TPSA) is 87.8 Å². The van der Waals surface area contributed by atoms with Crippen molar-refractivity contribution in [1.29, 1.82) is 0 Å². The summed E-state index contributed by atoms with van der Waals surface area (Å²) in [5.41, 5.74) is 6.03. The van der Waals surface area contributed by atoms with Gasteiger partial charge >= 0.3 is 5.69 Å². The molecule has 0 aromatic carbocycles. The zero-order valence-corrected chi connectivity index (χ0v) is 11.7. The summed E-state index contributed by atoms with van der Waals surface area (Å²) in [5.74, 6) is 0. The summed E-state index contributed by atoms with van der Waals surface area (Å²) in [6.07, 6.45) is 6.39. The zero-order chi connectivity index (χ0) is 14.7. The van der Waals surface area contributed by atoms with Gasteiger partial charge in [0.25, 0.3) is 5.56 Å². The molecule has 7 heteroatoms. The number of nitrogen functional groups attached to an aromatic ring is 1. The third kappa shape index (κ3) is 2.81. The number of hydrogen-bond donors (Lipinski definition) is 1. The highest BCUT2D eigenvalue weighted by molar-refractivity contribution is 5.31. The van der Waals surface area contributed by atoms with Crippen molar-refractivity contribution in [1.82, 2.24) is 18.9 Å². The third-order valence-electron chi connectivity index (χ3n) is 3.11. The molecule has 0 unspecified atom stereocenters.